The Kier molecular flexibility index (Phi) is 9.27. The molecule has 2 saturated carbocycles. The second-order valence-electron chi connectivity index (χ2n) is 10.4. The highest BCUT2D eigenvalue weighted by molar-refractivity contribution is 5.88. The Labute approximate surface area is 198 Å². The molecule has 7 atom stereocenters. The number of ether oxygens (including phenoxy) is 1. The van der Waals surface area contributed by atoms with Crippen molar-refractivity contribution in [1.82, 2.24) is 0 Å². The molecule has 2 fully saturated rings. The van der Waals surface area contributed by atoms with E-state index in [4.69, 9.17) is 4.74 Å². The van der Waals surface area contributed by atoms with E-state index in [0.29, 0.717) is 30.6 Å². The van der Waals surface area contributed by atoms with Crippen LogP contribution in [-0.4, -0.2) is 34.2 Å². The highest BCUT2D eigenvalue weighted by Gasteiger charge is 2.42. The van der Waals surface area contributed by atoms with Crippen molar-refractivity contribution in [1.29, 1.82) is 0 Å². The first-order valence-electron chi connectivity index (χ1n) is 12.6. The van der Waals surface area contributed by atoms with E-state index in [0.717, 1.165) is 24.8 Å². The van der Waals surface area contributed by atoms with Crippen LogP contribution in [0.4, 0.5) is 0 Å². The second-order valence-corrected chi connectivity index (χ2v) is 10.4. The molecular weight excluding hydrogens is 416 g/mol. The fraction of sp³-hybridized carbons (Fsp3) is 0.643. The van der Waals surface area contributed by atoms with E-state index in [1.165, 1.54) is 0 Å². The van der Waals surface area contributed by atoms with E-state index in [1.54, 1.807) is 0 Å². The summed E-state index contributed by atoms with van der Waals surface area (Å²) >= 11 is 0. The molecule has 0 heterocycles. The van der Waals surface area contributed by atoms with Gasteiger partial charge in [0, 0.05) is 18.3 Å². The van der Waals surface area contributed by atoms with Crippen LogP contribution in [0.1, 0.15) is 77.4 Å². The van der Waals surface area contributed by atoms with Crippen LogP contribution in [0, 0.1) is 29.6 Å². The van der Waals surface area contributed by atoms with Crippen LogP contribution in [0.25, 0.3) is 0 Å². The van der Waals surface area contributed by atoms with E-state index in [2.05, 4.69) is 20.8 Å². The largest absolute Gasteiger partial charge is 0.462 e. The number of carbonyl (C=O) groups is 2. The van der Waals surface area contributed by atoms with Crippen molar-refractivity contribution in [3.05, 3.63) is 48.0 Å². The smallest absolute Gasteiger partial charge is 0.306 e. The molecule has 0 saturated heterocycles. The maximum absolute atomic E-state index is 12.8. The number of carbonyl (C=O) groups excluding carboxylic acids is 2. The summed E-state index contributed by atoms with van der Waals surface area (Å²) in [5.74, 6) is 0.0240. The van der Waals surface area contributed by atoms with Gasteiger partial charge in [-0.3, -0.25) is 9.59 Å². The Hall–Kier alpha value is -1.98. The van der Waals surface area contributed by atoms with Crippen molar-refractivity contribution in [2.45, 2.75) is 84.0 Å². The summed E-state index contributed by atoms with van der Waals surface area (Å²) in [5, 5.41) is 20.7. The third kappa shape index (κ3) is 7.00. The lowest BCUT2D eigenvalue weighted by atomic mass is 9.75. The summed E-state index contributed by atoms with van der Waals surface area (Å²) in [6.07, 6.45) is 6.74. The minimum absolute atomic E-state index is 0.0211. The Bertz CT molecular complexity index is 802. The molecule has 0 amide bonds. The number of hydrogen-bond donors (Lipinski definition) is 2. The zero-order chi connectivity index (χ0) is 24.0. The highest BCUT2D eigenvalue weighted by atomic mass is 16.5. The molecule has 0 radical (unpaired) electrons. The first-order valence-corrected chi connectivity index (χ1v) is 12.6. The third-order valence-corrected chi connectivity index (χ3v) is 7.51. The SMILES string of the molecule is CC(C)C1CC[C@@H](C)CC1OC(=O)C[C@H]1C(=O)C[C@H](O)[C@@H]1/C=C/CCC(O)c1ccccc1. The average molecular weight is 457 g/mol. The molecule has 0 aliphatic heterocycles. The van der Waals surface area contributed by atoms with Crippen molar-refractivity contribution < 1.29 is 24.5 Å². The summed E-state index contributed by atoms with van der Waals surface area (Å²) in [5.41, 5.74) is 0.874. The molecule has 5 nitrogen and oxygen atoms in total. The Morgan fingerprint density at radius 1 is 1.21 bits per heavy atom. The standard InChI is InChI=1S/C28H40O5/c1-18(2)21-14-13-19(3)15-27(21)33-28(32)16-23-22(25(30)17-26(23)31)11-7-8-12-24(29)20-9-5-4-6-10-20/h4-7,9-11,18-19,21-25,27,29-30H,8,12-17H2,1-3H3/b11-7+/t19-,21?,22-,23-,24?,25+,27?/m1/s1. The maximum Gasteiger partial charge on any atom is 0.306 e. The Morgan fingerprint density at radius 2 is 1.94 bits per heavy atom. The first-order chi connectivity index (χ1) is 15.8. The number of benzene rings is 1. The van der Waals surface area contributed by atoms with Crippen LogP contribution < -0.4 is 0 Å². The summed E-state index contributed by atoms with van der Waals surface area (Å²) in [6.45, 7) is 6.55. The molecule has 3 unspecified atom stereocenters. The van der Waals surface area contributed by atoms with Gasteiger partial charge in [0.2, 0.25) is 0 Å². The fourth-order valence-electron chi connectivity index (χ4n) is 5.48. The molecule has 1 aromatic carbocycles. The van der Waals surface area contributed by atoms with Crippen LogP contribution in [0.15, 0.2) is 42.5 Å². The lowest BCUT2D eigenvalue weighted by molar-refractivity contribution is -0.158. The third-order valence-electron chi connectivity index (χ3n) is 7.51. The van der Waals surface area contributed by atoms with Crippen LogP contribution in [0.2, 0.25) is 0 Å². The number of esters is 1. The molecule has 0 spiro atoms. The number of aliphatic hydroxyl groups excluding tert-OH is 2. The molecule has 0 aromatic heterocycles. The number of allylic oxidation sites excluding steroid dienone is 1. The van der Waals surface area contributed by atoms with Crippen molar-refractivity contribution in [2.75, 3.05) is 0 Å². The summed E-state index contributed by atoms with van der Waals surface area (Å²) < 4.78 is 5.91. The van der Waals surface area contributed by atoms with Gasteiger partial charge in [-0.1, -0.05) is 69.7 Å². The van der Waals surface area contributed by atoms with E-state index in [1.807, 2.05) is 42.5 Å². The van der Waals surface area contributed by atoms with Gasteiger partial charge < -0.3 is 14.9 Å². The molecule has 5 heteroatoms. The predicted octanol–water partition coefficient (Wildman–Crippen LogP) is 5.02. The van der Waals surface area contributed by atoms with Crippen LogP contribution in [0.3, 0.4) is 0 Å². The van der Waals surface area contributed by atoms with Gasteiger partial charge in [0.15, 0.2) is 0 Å². The normalized spacial score (nSPS) is 31.3. The van der Waals surface area contributed by atoms with Gasteiger partial charge >= 0.3 is 5.97 Å². The quantitative estimate of drug-likeness (QED) is 0.403. The van der Waals surface area contributed by atoms with Crippen LogP contribution in [-0.2, 0) is 14.3 Å². The predicted molar refractivity (Wildman–Crippen MR) is 128 cm³/mol. The lowest BCUT2D eigenvalue weighted by Gasteiger charge is -2.36. The lowest BCUT2D eigenvalue weighted by Crippen LogP contribution is -2.36. The molecule has 33 heavy (non-hydrogen) atoms. The maximum atomic E-state index is 12.8. The van der Waals surface area contributed by atoms with E-state index < -0.39 is 18.1 Å². The van der Waals surface area contributed by atoms with Gasteiger partial charge in [0.25, 0.3) is 0 Å². The van der Waals surface area contributed by atoms with Gasteiger partial charge in [-0.2, -0.15) is 0 Å². The van der Waals surface area contributed by atoms with Crippen LogP contribution >= 0.6 is 0 Å². The molecule has 3 rings (SSSR count). The summed E-state index contributed by atoms with van der Waals surface area (Å²) in [7, 11) is 0. The van der Waals surface area contributed by atoms with Gasteiger partial charge in [-0.25, -0.2) is 0 Å². The fourth-order valence-corrected chi connectivity index (χ4v) is 5.48. The highest BCUT2D eigenvalue weighted by Crippen LogP contribution is 2.37. The molecule has 2 N–H and O–H groups in total. The molecule has 2 aliphatic rings. The average Bonchev–Trinajstić information content (AvgIpc) is 3.03. The van der Waals surface area contributed by atoms with Crippen molar-refractivity contribution in [3.8, 4) is 0 Å². The number of aliphatic hydroxyl groups is 2. The second kappa shape index (κ2) is 11.9. The minimum Gasteiger partial charge on any atom is -0.462 e. The Morgan fingerprint density at radius 3 is 2.64 bits per heavy atom. The summed E-state index contributed by atoms with van der Waals surface area (Å²) in [4.78, 5) is 25.3. The number of hydrogen-bond acceptors (Lipinski definition) is 5. The topological polar surface area (TPSA) is 83.8 Å². The molecular formula is C28H40O5. The van der Waals surface area contributed by atoms with E-state index >= 15 is 0 Å². The van der Waals surface area contributed by atoms with Gasteiger partial charge in [-0.15, -0.1) is 0 Å². The van der Waals surface area contributed by atoms with E-state index in [9.17, 15) is 19.8 Å². The molecule has 2 aliphatic carbocycles. The molecule has 1 aromatic rings. The Balaban J connectivity index is 1.55. The first kappa shape index (κ1) is 25.6. The molecule has 182 valence electrons. The zero-order valence-corrected chi connectivity index (χ0v) is 20.2. The van der Waals surface area contributed by atoms with Gasteiger partial charge in [-0.05, 0) is 49.0 Å². The molecule has 0 bridgehead atoms. The van der Waals surface area contributed by atoms with Crippen molar-refractivity contribution in [3.63, 3.8) is 0 Å². The number of rotatable bonds is 9. The number of ketones is 1. The monoisotopic (exact) mass is 456 g/mol. The number of Topliss-reactive ketones (excluding diaryl/α,β-unsaturated/α-hetero) is 1. The van der Waals surface area contributed by atoms with Gasteiger partial charge in [0.05, 0.1) is 18.6 Å². The van der Waals surface area contributed by atoms with Crippen molar-refractivity contribution in [2.24, 2.45) is 29.6 Å². The zero-order valence-electron chi connectivity index (χ0n) is 20.2. The summed E-state index contributed by atoms with van der Waals surface area (Å²) in [6, 6.07) is 9.50. The van der Waals surface area contributed by atoms with E-state index in [-0.39, 0.29) is 36.6 Å². The van der Waals surface area contributed by atoms with Gasteiger partial charge in [0.1, 0.15) is 11.9 Å². The minimum atomic E-state index is -0.774. The van der Waals surface area contributed by atoms with Crippen LogP contribution in [0.5, 0.6) is 0 Å². The van der Waals surface area contributed by atoms with Crippen molar-refractivity contribution >= 4 is 11.8 Å².